The van der Waals surface area contributed by atoms with E-state index in [4.69, 9.17) is 4.98 Å². The van der Waals surface area contributed by atoms with Crippen LogP contribution in [0.3, 0.4) is 0 Å². The number of imidazole rings is 1. The zero-order valence-corrected chi connectivity index (χ0v) is 18.8. The third kappa shape index (κ3) is 4.38. The first-order valence-corrected chi connectivity index (χ1v) is 10.3. The molecule has 0 saturated heterocycles. The van der Waals surface area contributed by atoms with E-state index >= 15 is 0 Å². The summed E-state index contributed by atoms with van der Waals surface area (Å²) < 4.78 is 2.04. The Morgan fingerprint density at radius 3 is 2.50 bits per heavy atom. The maximum Gasteiger partial charge on any atom is 0.319 e. The van der Waals surface area contributed by atoms with Gasteiger partial charge in [-0.05, 0) is 69.7 Å². The van der Waals surface area contributed by atoms with Gasteiger partial charge in [0.25, 0.3) is 0 Å². The Balaban J connectivity index is 0.00000256. The van der Waals surface area contributed by atoms with Gasteiger partial charge in [-0.3, -0.25) is 0 Å². The summed E-state index contributed by atoms with van der Waals surface area (Å²) in [6, 6.07) is 8.47. The molecule has 0 unspecified atom stereocenters. The van der Waals surface area contributed by atoms with Gasteiger partial charge in [-0.2, -0.15) is 0 Å². The highest BCUT2D eigenvalue weighted by Gasteiger charge is 2.20. The van der Waals surface area contributed by atoms with E-state index in [1.165, 1.54) is 23.1 Å². The molecule has 0 bridgehead atoms. The summed E-state index contributed by atoms with van der Waals surface area (Å²) in [6.07, 6.45) is 5.26. The van der Waals surface area contributed by atoms with E-state index < -0.39 is 0 Å². The largest absolute Gasteiger partial charge is 0.378 e. The molecule has 0 spiro atoms. The molecule has 1 aliphatic rings. The van der Waals surface area contributed by atoms with Crippen molar-refractivity contribution in [2.24, 2.45) is 0 Å². The zero-order valence-electron chi connectivity index (χ0n) is 18.0. The fourth-order valence-electron chi connectivity index (χ4n) is 3.79. The third-order valence-electron chi connectivity index (χ3n) is 5.99. The number of anilines is 2. The molecule has 1 fully saturated rings. The van der Waals surface area contributed by atoms with Gasteiger partial charge in [-0.25, -0.2) is 9.78 Å². The molecule has 2 aromatic heterocycles. The van der Waals surface area contributed by atoms with Crippen LogP contribution in [0.1, 0.15) is 47.3 Å². The maximum atomic E-state index is 12.4. The third-order valence-corrected chi connectivity index (χ3v) is 5.99. The van der Waals surface area contributed by atoms with Crippen LogP contribution in [0, 0.1) is 27.7 Å². The highest BCUT2D eigenvalue weighted by Crippen LogP contribution is 2.26. The van der Waals surface area contributed by atoms with E-state index in [1.807, 2.05) is 30.5 Å². The number of halogens is 1. The van der Waals surface area contributed by atoms with Crippen molar-refractivity contribution in [1.29, 1.82) is 0 Å². The number of aryl methyl sites for hydroxylation is 4. The first kappa shape index (κ1) is 22.0. The van der Waals surface area contributed by atoms with E-state index in [0.717, 1.165) is 41.3 Å². The minimum Gasteiger partial charge on any atom is -0.378 e. The van der Waals surface area contributed by atoms with Crippen LogP contribution in [-0.2, 0) is 6.54 Å². The zero-order chi connectivity index (χ0) is 20.5. The smallest absolute Gasteiger partial charge is 0.319 e. The first-order chi connectivity index (χ1) is 13.9. The quantitative estimate of drug-likeness (QED) is 0.519. The number of benzene rings is 1. The minimum absolute atomic E-state index is 0. The molecule has 0 atom stereocenters. The number of hydrogen-bond acceptors (Lipinski definition) is 3. The molecule has 30 heavy (non-hydrogen) atoms. The summed E-state index contributed by atoms with van der Waals surface area (Å²) in [7, 11) is 0. The second kappa shape index (κ2) is 8.96. The summed E-state index contributed by atoms with van der Waals surface area (Å²) in [4.78, 5) is 17.1. The van der Waals surface area contributed by atoms with Crippen molar-refractivity contribution in [3.05, 3.63) is 58.5 Å². The molecule has 1 saturated carbocycles. The van der Waals surface area contributed by atoms with Gasteiger partial charge in [0.1, 0.15) is 0 Å². The summed E-state index contributed by atoms with van der Waals surface area (Å²) >= 11 is 0. The van der Waals surface area contributed by atoms with E-state index in [1.54, 1.807) is 0 Å². The average Bonchev–Trinajstić information content (AvgIpc) is 2.93. The van der Waals surface area contributed by atoms with Gasteiger partial charge in [0.05, 0.1) is 17.1 Å². The molecule has 4 rings (SSSR count). The molecule has 7 heteroatoms. The molecule has 2 amide bonds. The number of urea groups is 1. The topological polar surface area (TPSA) is 70.5 Å². The summed E-state index contributed by atoms with van der Waals surface area (Å²) in [5.41, 5.74) is 8.39. The fourth-order valence-corrected chi connectivity index (χ4v) is 3.79. The van der Waals surface area contributed by atoms with Gasteiger partial charge in [0.15, 0.2) is 5.65 Å². The molecule has 2 heterocycles. The second-order valence-corrected chi connectivity index (χ2v) is 8.07. The van der Waals surface area contributed by atoms with E-state index in [9.17, 15) is 4.79 Å². The predicted octanol–water partition coefficient (Wildman–Crippen LogP) is 5.28. The van der Waals surface area contributed by atoms with Crippen LogP contribution < -0.4 is 16.0 Å². The van der Waals surface area contributed by atoms with Crippen LogP contribution in [0.2, 0.25) is 0 Å². The SMILES string of the molecule is Cc1cccc(C)c1CNc1cc(NC(=O)NC2CCC2)cn2c(C)c(C)nc12.Cl. The minimum atomic E-state index is -0.149. The van der Waals surface area contributed by atoms with Crippen molar-refractivity contribution in [2.75, 3.05) is 10.6 Å². The van der Waals surface area contributed by atoms with Gasteiger partial charge < -0.3 is 20.4 Å². The van der Waals surface area contributed by atoms with E-state index in [2.05, 4.69) is 48.0 Å². The van der Waals surface area contributed by atoms with Gasteiger partial charge in [0.2, 0.25) is 0 Å². The van der Waals surface area contributed by atoms with Crippen molar-refractivity contribution < 1.29 is 4.79 Å². The van der Waals surface area contributed by atoms with Crippen LogP contribution in [0.5, 0.6) is 0 Å². The van der Waals surface area contributed by atoms with Crippen molar-refractivity contribution in [2.45, 2.75) is 59.5 Å². The number of nitrogens with zero attached hydrogens (tertiary/aromatic N) is 2. The van der Waals surface area contributed by atoms with Crippen LogP contribution in [0.25, 0.3) is 5.65 Å². The number of pyridine rings is 1. The molecule has 3 N–H and O–H groups in total. The lowest BCUT2D eigenvalue weighted by molar-refractivity contribution is 0.240. The van der Waals surface area contributed by atoms with Gasteiger partial charge in [0, 0.05) is 24.5 Å². The highest BCUT2D eigenvalue weighted by molar-refractivity contribution is 5.91. The molecule has 6 nitrogen and oxygen atoms in total. The van der Waals surface area contributed by atoms with Gasteiger partial charge >= 0.3 is 6.03 Å². The Labute approximate surface area is 183 Å². The van der Waals surface area contributed by atoms with E-state index in [0.29, 0.717) is 12.6 Å². The van der Waals surface area contributed by atoms with Gasteiger partial charge in [-0.15, -0.1) is 12.4 Å². The number of carbonyl (C=O) groups excluding carboxylic acids is 1. The number of fused-ring (bicyclic) bond motifs is 1. The molecule has 0 aliphatic heterocycles. The lowest BCUT2D eigenvalue weighted by atomic mass is 9.93. The van der Waals surface area contributed by atoms with Crippen LogP contribution >= 0.6 is 12.4 Å². The standard InChI is InChI=1S/C23H29N5O.ClH/c1-14-7-5-8-15(2)20(14)12-24-21-11-19(27-23(29)26-18-9-6-10-18)13-28-17(4)16(3)25-22(21)28;/h5,7-8,11,13,18,24H,6,9-10,12H2,1-4H3,(H2,26,27,29);1H. The number of rotatable bonds is 5. The van der Waals surface area contributed by atoms with Crippen molar-refractivity contribution in [1.82, 2.24) is 14.7 Å². The van der Waals surface area contributed by atoms with E-state index in [-0.39, 0.29) is 18.4 Å². The molecule has 3 aromatic rings. The van der Waals surface area contributed by atoms with Crippen LogP contribution in [0.15, 0.2) is 30.5 Å². The maximum absolute atomic E-state index is 12.4. The average molecular weight is 428 g/mol. The Hall–Kier alpha value is -2.73. The number of nitrogens with one attached hydrogen (secondary N) is 3. The molecular formula is C23H30ClN5O. The normalized spacial score (nSPS) is 13.5. The molecular weight excluding hydrogens is 398 g/mol. The molecule has 160 valence electrons. The second-order valence-electron chi connectivity index (χ2n) is 8.07. The van der Waals surface area contributed by atoms with Crippen molar-refractivity contribution >= 4 is 35.5 Å². The van der Waals surface area contributed by atoms with Crippen LogP contribution in [0.4, 0.5) is 16.2 Å². The lowest BCUT2D eigenvalue weighted by Gasteiger charge is -2.26. The summed E-state index contributed by atoms with van der Waals surface area (Å²) in [6.45, 7) is 9.02. The lowest BCUT2D eigenvalue weighted by Crippen LogP contribution is -2.41. The number of hydrogen-bond donors (Lipinski definition) is 3. The predicted molar refractivity (Wildman–Crippen MR) is 125 cm³/mol. The number of aromatic nitrogens is 2. The van der Waals surface area contributed by atoms with Crippen LogP contribution in [-0.4, -0.2) is 21.5 Å². The number of amides is 2. The van der Waals surface area contributed by atoms with Gasteiger partial charge in [-0.1, -0.05) is 18.2 Å². The highest BCUT2D eigenvalue weighted by atomic mass is 35.5. The molecule has 1 aliphatic carbocycles. The molecule has 0 radical (unpaired) electrons. The monoisotopic (exact) mass is 427 g/mol. The first-order valence-electron chi connectivity index (χ1n) is 10.3. The Bertz CT molecular complexity index is 1050. The Morgan fingerprint density at radius 1 is 1.17 bits per heavy atom. The fraction of sp³-hybridized carbons (Fsp3) is 0.391. The Morgan fingerprint density at radius 2 is 1.87 bits per heavy atom. The van der Waals surface area contributed by atoms with Crippen molar-refractivity contribution in [3.8, 4) is 0 Å². The van der Waals surface area contributed by atoms with Crippen molar-refractivity contribution in [3.63, 3.8) is 0 Å². The molecule has 1 aromatic carbocycles. The Kier molecular flexibility index (Phi) is 6.56. The summed E-state index contributed by atoms with van der Waals surface area (Å²) in [5.74, 6) is 0. The summed E-state index contributed by atoms with van der Waals surface area (Å²) in [5, 5.41) is 9.57. The number of carbonyl (C=O) groups is 1.